The van der Waals surface area contributed by atoms with Crippen molar-refractivity contribution < 1.29 is 14.6 Å². The van der Waals surface area contributed by atoms with Crippen LogP contribution in [0.25, 0.3) is 0 Å². The molecule has 144 valence electrons. The van der Waals surface area contributed by atoms with Crippen molar-refractivity contribution in [3.63, 3.8) is 0 Å². The summed E-state index contributed by atoms with van der Waals surface area (Å²) in [4.78, 5) is 11.4. The fourth-order valence-electron chi connectivity index (χ4n) is 2.95. The monoisotopic (exact) mass is 343 g/mol. The minimum absolute atomic E-state index is 0.304. The smallest absolute Gasteiger partial charge is 0.325 e. The predicted molar refractivity (Wildman–Crippen MR) is 101 cm³/mol. The summed E-state index contributed by atoms with van der Waals surface area (Å²) >= 11 is 0. The molecule has 0 bridgehead atoms. The molecule has 4 nitrogen and oxygen atoms in total. The van der Waals surface area contributed by atoms with Crippen LogP contribution in [0.3, 0.4) is 0 Å². The minimum Gasteiger partial charge on any atom is -0.465 e. The molecule has 0 heterocycles. The van der Waals surface area contributed by atoms with Gasteiger partial charge in [0, 0.05) is 0 Å². The van der Waals surface area contributed by atoms with Gasteiger partial charge in [-0.05, 0) is 13.3 Å². The van der Waals surface area contributed by atoms with E-state index in [-0.39, 0.29) is 0 Å². The first-order chi connectivity index (χ1) is 11.6. The molecule has 0 saturated carbocycles. The molecule has 0 aliphatic carbocycles. The molecule has 0 rings (SSSR count). The second kappa shape index (κ2) is 17.2. The third-order valence-electron chi connectivity index (χ3n) is 4.58. The summed E-state index contributed by atoms with van der Waals surface area (Å²) in [5.41, 5.74) is 5.67. The number of carbonyl (C=O) groups is 1. The van der Waals surface area contributed by atoms with Crippen LogP contribution in [-0.2, 0) is 9.53 Å². The van der Waals surface area contributed by atoms with Gasteiger partial charge in [-0.25, -0.2) is 0 Å². The molecule has 4 heteroatoms. The topological polar surface area (TPSA) is 72.5 Å². The molecule has 3 N–H and O–H groups in total. The van der Waals surface area contributed by atoms with Gasteiger partial charge in [-0.3, -0.25) is 4.79 Å². The zero-order valence-corrected chi connectivity index (χ0v) is 16.1. The summed E-state index contributed by atoms with van der Waals surface area (Å²) < 4.78 is 4.82. The summed E-state index contributed by atoms with van der Waals surface area (Å²) in [6.07, 6.45) is 16.7. The quantitative estimate of drug-likeness (QED) is 0.296. The largest absolute Gasteiger partial charge is 0.465 e. The van der Waals surface area contributed by atoms with Crippen molar-refractivity contribution in [1.82, 2.24) is 0 Å². The maximum absolute atomic E-state index is 11.4. The lowest BCUT2D eigenvalue weighted by molar-refractivity contribution is -0.147. The van der Waals surface area contributed by atoms with Gasteiger partial charge in [-0.15, -0.1) is 0 Å². The minimum atomic E-state index is -0.901. The normalized spacial score (nSPS) is 13.7. The summed E-state index contributed by atoms with van der Waals surface area (Å²) in [6.45, 7) is 4.30. The van der Waals surface area contributed by atoms with Gasteiger partial charge >= 0.3 is 5.97 Å². The molecule has 0 aliphatic rings. The fraction of sp³-hybridized carbons (Fsp3) is 0.950. The lowest BCUT2D eigenvalue weighted by Crippen LogP contribution is -2.43. The van der Waals surface area contributed by atoms with E-state index in [0.717, 1.165) is 12.8 Å². The SMILES string of the molecule is CCCCCCCCCCCCCCC[C@@H](O)[C@@H](N)C(=O)OCC. The highest BCUT2D eigenvalue weighted by Gasteiger charge is 2.23. The van der Waals surface area contributed by atoms with Gasteiger partial charge in [0.25, 0.3) is 0 Å². The summed E-state index contributed by atoms with van der Waals surface area (Å²) in [6, 6.07) is -0.901. The van der Waals surface area contributed by atoms with Crippen LogP contribution in [0, 0.1) is 0 Å². The maximum atomic E-state index is 11.4. The number of rotatable bonds is 17. The van der Waals surface area contributed by atoms with E-state index in [4.69, 9.17) is 10.5 Å². The van der Waals surface area contributed by atoms with Crippen molar-refractivity contribution in [2.75, 3.05) is 6.61 Å². The van der Waals surface area contributed by atoms with E-state index in [9.17, 15) is 9.90 Å². The zero-order valence-electron chi connectivity index (χ0n) is 16.1. The molecule has 2 atom stereocenters. The maximum Gasteiger partial charge on any atom is 0.325 e. The first-order valence-electron chi connectivity index (χ1n) is 10.2. The van der Waals surface area contributed by atoms with Crippen LogP contribution in [0.1, 0.15) is 104 Å². The molecule has 0 amide bonds. The molecule has 0 aliphatic heterocycles. The van der Waals surface area contributed by atoms with Crippen LogP contribution in [0.2, 0.25) is 0 Å². The van der Waals surface area contributed by atoms with Gasteiger partial charge < -0.3 is 15.6 Å². The zero-order chi connectivity index (χ0) is 18.0. The van der Waals surface area contributed by atoms with E-state index in [1.807, 2.05) is 0 Å². The number of aliphatic hydroxyl groups is 1. The molecular weight excluding hydrogens is 302 g/mol. The van der Waals surface area contributed by atoms with E-state index >= 15 is 0 Å². The summed E-state index contributed by atoms with van der Waals surface area (Å²) in [5, 5.41) is 9.87. The molecular formula is C20H41NO3. The van der Waals surface area contributed by atoms with Crippen LogP contribution in [-0.4, -0.2) is 29.8 Å². The van der Waals surface area contributed by atoms with Gasteiger partial charge in [-0.1, -0.05) is 90.4 Å². The Morgan fingerprint density at radius 2 is 1.25 bits per heavy atom. The Morgan fingerprint density at radius 3 is 1.67 bits per heavy atom. The Bertz CT molecular complexity index is 284. The lowest BCUT2D eigenvalue weighted by Gasteiger charge is -2.17. The second-order valence-electron chi connectivity index (χ2n) is 6.88. The molecule has 0 fully saturated rings. The number of nitrogens with two attached hydrogens (primary N) is 1. The van der Waals surface area contributed by atoms with E-state index in [0.29, 0.717) is 13.0 Å². The van der Waals surface area contributed by atoms with Crippen LogP contribution in [0.15, 0.2) is 0 Å². The molecule has 0 radical (unpaired) electrons. The van der Waals surface area contributed by atoms with Gasteiger partial charge in [0.2, 0.25) is 0 Å². The number of aliphatic hydroxyl groups excluding tert-OH is 1. The summed E-state index contributed by atoms with van der Waals surface area (Å²) in [5.74, 6) is -0.500. The highest BCUT2D eigenvalue weighted by atomic mass is 16.5. The Morgan fingerprint density at radius 1 is 0.833 bits per heavy atom. The van der Waals surface area contributed by atoms with Crippen LogP contribution in [0.5, 0.6) is 0 Å². The molecule has 0 aromatic carbocycles. The Hall–Kier alpha value is -0.610. The fourth-order valence-corrected chi connectivity index (χ4v) is 2.95. The molecule has 0 unspecified atom stereocenters. The number of ether oxygens (including phenoxy) is 1. The van der Waals surface area contributed by atoms with Crippen molar-refractivity contribution in [1.29, 1.82) is 0 Å². The molecule has 0 aromatic rings. The van der Waals surface area contributed by atoms with Gasteiger partial charge in [0.1, 0.15) is 6.04 Å². The van der Waals surface area contributed by atoms with Crippen molar-refractivity contribution in [2.45, 2.75) is 116 Å². The molecule has 0 spiro atoms. The van der Waals surface area contributed by atoms with Gasteiger partial charge in [0.05, 0.1) is 12.7 Å². The van der Waals surface area contributed by atoms with E-state index in [1.165, 1.54) is 70.6 Å². The van der Waals surface area contributed by atoms with E-state index in [2.05, 4.69) is 6.92 Å². The number of hydrogen-bond donors (Lipinski definition) is 2. The number of esters is 1. The standard InChI is InChI=1S/C20H41NO3/c1-3-5-6-7-8-9-10-11-12-13-14-15-16-17-18(22)19(21)20(23)24-4-2/h18-19,22H,3-17,21H2,1-2H3/t18-,19-/m1/s1. The first kappa shape index (κ1) is 23.4. The van der Waals surface area contributed by atoms with Crippen molar-refractivity contribution in [2.24, 2.45) is 5.73 Å². The van der Waals surface area contributed by atoms with Crippen LogP contribution >= 0.6 is 0 Å². The predicted octanol–water partition coefficient (Wildman–Crippen LogP) is 4.72. The highest BCUT2D eigenvalue weighted by molar-refractivity contribution is 5.76. The third kappa shape index (κ3) is 13.8. The highest BCUT2D eigenvalue weighted by Crippen LogP contribution is 2.14. The second-order valence-corrected chi connectivity index (χ2v) is 6.88. The van der Waals surface area contributed by atoms with E-state index in [1.54, 1.807) is 6.92 Å². The third-order valence-corrected chi connectivity index (χ3v) is 4.58. The van der Waals surface area contributed by atoms with Crippen molar-refractivity contribution >= 4 is 5.97 Å². The molecule has 0 saturated heterocycles. The molecule has 24 heavy (non-hydrogen) atoms. The number of unbranched alkanes of at least 4 members (excludes halogenated alkanes) is 12. The van der Waals surface area contributed by atoms with Gasteiger partial charge in [-0.2, -0.15) is 0 Å². The molecule has 0 aromatic heterocycles. The lowest BCUT2D eigenvalue weighted by atomic mass is 10.0. The summed E-state index contributed by atoms with van der Waals surface area (Å²) in [7, 11) is 0. The van der Waals surface area contributed by atoms with Crippen LogP contribution < -0.4 is 5.73 Å². The van der Waals surface area contributed by atoms with Gasteiger partial charge in [0.15, 0.2) is 0 Å². The number of carbonyl (C=O) groups excluding carboxylic acids is 1. The Kier molecular flexibility index (Phi) is 16.8. The Labute approximate surface area is 149 Å². The van der Waals surface area contributed by atoms with Crippen molar-refractivity contribution in [3.8, 4) is 0 Å². The van der Waals surface area contributed by atoms with Crippen molar-refractivity contribution in [3.05, 3.63) is 0 Å². The first-order valence-corrected chi connectivity index (χ1v) is 10.2. The van der Waals surface area contributed by atoms with Crippen LogP contribution in [0.4, 0.5) is 0 Å². The average molecular weight is 344 g/mol. The average Bonchev–Trinajstić information content (AvgIpc) is 2.58. The van der Waals surface area contributed by atoms with E-state index < -0.39 is 18.1 Å². The number of hydrogen-bond acceptors (Lipinski definition) is 4. The Balaban J connectivity index is 3.31.